The van der Waals surface area contributed by atoms with E-state index in [1.54, 1.807) is 0 Å². The topological polar surface area (TPSA) is 103 Å². The van der Waals surface area contributed by atoms with E-state index in [1.807, 2.05) is 24.4 Å². The molecule has 4 rings (SSSR count). The molecule has 0 spiro atoms. The van der Waals surface area contributed by atoms with E-state index in [1.165, 1.54) is 0 Å². The van der Waals surface area contributed by atoms with Gasteiger partial charge in [-0.15, -0.1) is 0 Å². The van der Waals surface area contributed by atoms with E-state index < -0.39 is 0 Å². The third kappa shape index (κ3) is 1.77. The molecule has 1 aromatic carbocycles. The van der Waals surface area contributed by atoms with Gasteiger partial charge in [-0.1, -0.05) is 6.07 Å². The minimum Gasteiger partial charge on any atom is -0.342 e. The van der Waals surface area contributed by atoms with Crippen molar-refractivity contribution in [2.24, 2.45) is 5.73 Å². The van der Waals surface area contributed by atoms with Gasteiger partial charge in [0.1, 0.15) is 5.82 Å². The zero-order chi connectivity index (χ0) is 13.7. The Balaban J connectivity index is 1.69. The van der Waals surface area contributed by atoms with Gasteiger partial charge < -0.3 is 20.7 Å². The quantitative estimate of drug-likeness (QED) is 0.566. The van der Waals surface area contributed by atoms with Crippen LogP contribution in [0.15, 0.2) is 29.2 Å². The number of aromatic nitrogens is 4. The third-order valence-electron chi connectivity index (χ3n) is 3.98. The molecule has 2 aromatic heterocycles. The summed E-state index contributed by atoms with van der Waals surface area (Å²) >= 11 is 0. The smallest absolute Gasteiger partial charge is 0.323 e. The summed E-state index contributed by atoms with van der Waals surface area (Å²) in [6, 6.07) is 6.12. The molecule has 3 aromatic rings. The maximum absolute atomic E-state index is 11.3. The first-order valence-electron chi connectivity index (χ1n) is 6.72. The summed E-state index contributed by atoms with van der Waals surface area (Å²) in [6.45, 7) is 0. The van der Waals surface area contributed by atoms with Gasteiger partial charge >= 0.3 is 5.69 Å². The first kappa shape index (κ1) is 11.5. The molecule has 6 heteroatoms. The molecule has 0 unspecified atom stereocenters. The zero-order valence-electron chi connectivity index (χ0n) is 10.8. The van der Waals surface area contributed by atoms with Gasteiger partial charge in [0.2, 0.25) is 0 Å². The molecule has 20 heavy (non-hydrogen) atoms. The lowest BCUT2D eigenvalue weighted by Gasteiger charge is -2.30. The van der Waals surface area contributed by atoms with E-state index in [0.29, 0.717) is 12.0 Å². The molecule has 0 radical (unpaired) electrons. The molecule has 0 bridgehead atoms. The molecule has 102 valence electrons. The summed E-state index contributed by atoms with van der Waals surface area (Å²) in [5.74, 6) is 1.46. The minimum absolute atomic E-state index is 0.189. The number of fused-ring (bicyclic) bond motifs is 1. The van der Waals surface area contributed by atoms with Crippen molar-refractivity contribution in [3.8, 4) is 11.3 Å². The molecule has 0 amide bonds. The standard InChI is InChI=1S/C14H15N5O/c15-9-3-8(4-9)13-16-6-12(17-13)7-1-2-10-11(5-7)19-14(20)18-10/h1-2,5-6,8-9H,3-4,15H2,(H,16,17)(H2,18,19,20). The number of hydrogen-bond donors (Lipinski definition) is 4. The van der Waals surface area contributed by atoms with Crippen molar-refractivity contribution in [1.82, 2.24) is 19.9 Å². The molecule has 2 heterocycles. The maximum atomic E-state index is 11.3. The Bertz CT molecular complexity index is 821. The second-order valence-electron chi connectivity index (χ2n) is 5.45. The second-order valence-corrected chi connectivity index (χ2v) is 5.45. The van der Waals surface area contributed by atoms with Gasteiger partial charge in [0.15, 0.2) is 0 Å². The van der Waals surface area contributed by atoms with Crippen LogP contribution in [0.4, 0.5) is 0 Å². The number of nitrogens with one attached hydrogen (secondary N) is 3. The van der Waals surface area contributed by atoms with Gasteiger partial charge in [-0.3, -0.25) is 0 Å². The molecular weight excluding hydrogens is 254 g/mol. The number of H-pyrrole nitrogens is 3. The van der Waals surface area contributed by atoms with E-state index >= 15 is 0 Å². The maximum Gasteiger partial charge on any atom is 0.323 e. The van der Waals surface area contributed by atoms with Crippen molar-refractivity contribution in [3.63, 3.8) is 0 Å². The Labute approximate surface area is 114 Å². The van der Waals surface area contributed by atoms with Crippen molar-refractivity contribution in [2.45, 2.75) is 24.8 Å². The van der Waals surface area contributed by atoms with Crippen molar-refractivity contribution in [3.05, 3.63) is 40.7 Å². The number of benzene rings is 1. The van der Waals surface area contributed by atoms with Gasteiger partial charge in [0.25, 0.3) is 0 Å². The van der Waals surface area contributed by atoms with Gasteiger partial charge in [-0.2, -0.15) is 0 Å². The van der Waals surface area contributed by atoms with Gasteiger partial charge in [0, 0.05) is 17.5 Å². The minimum atomic E-state index is -0.189. The Kier molecular flexibility index (Phi) is 2.34. The molecule has 6 nitrogen and oxygen atoms in total. The summed E-state index contributed by atoms with van der Waals surface area (Å²) < 4.78 is 0. The lowest BCUT2D eigenvalue weighted by Crippen LogP contribution is -2.35. The lowest BCUT2D eigenvalue weighted by molar-refractivity contribution is 0.340. The average Bonchev–Trinajstić information content (AvgIpc) is 2.99. The molecule has 0 aliphatic heterocycles. The number of rotatable bonds is 2. The summed E-state index contributed by atoms with van der Waals surface area (Å²) in [5.41, 5.74) is 9.20. The Morgan fingerprint density at radius 2 is 1.95 bits per heavy atom. The number of hydrogen-bond acceptors (Lipinski definition) is 3. The SMILES string of the molecule is NC1CC(c2ncc(-c3ccc4[nH]c(=O)[nH]c4c3)[nH]2)C1. The normalized spacial score (nSPS) is 22.1. The molecule has 1 saturated carbocycles. The zero-order valence-corrected chi connectivity index (χ0v) is 10.8. The highest BCUT2D eigenvalue weighted by atomic mass is 16.1. The van der Waals surface area contributed by atoms with E-state index in [-0.39, 0.29) is 5.69 Å². The predicted octanol–water partition coefficient (Wildman–Crippen LogP) is 1.45. The number of nitrogens with zero attached hydrogens (tertiary/aromatic N) is 1. The van der Waals surface area contributed by atoms with Crippen LogP contribution in [0.3, 0.4) is 0 Å². The van der Waals surface area contributed by atoms with Crippen molar-refractivity contribution < 1.29 is 0 Å². The van der Waals surface area contributed by atoms with Crippen LogP contribution in [0, 0.1) is 0 Å². The van der Waals surface area contributed by atoms with Crippen LogP contribution >= 0.6 is 0 Å². The van der Waals surface area contributed by atoms with Crippen molar-refractivity contribution in [1.29, 1.82) is 0 Å². The van der Waals surface area contributed by atoms with Crippen LogP contribution in [-0.2, 0) is 0 Å². The highest BCUT2D eigenvalue weighted by Gasteiger charge is 2.29. The van der Waals surface area contributed by atoms with Crippen molar-refractivity contribution in [2.75, 3.05) is 0 Å². The first-order valence-corrected chi connectivity index (χ1v) is 6.72. The van der Waals surface area contributed by atoms with E-state index in [0.717, 1.165) is 41.0 Å². The third-order valence-corrected chi connectivity index (χ3v) is 3.98. The molecule has 5 N–H and O–H groups in total. The molecule has 1 fully saturated rings. The van der Waals surface area contributed by atoms with E-state index in [4.69, 9.17) is 5.73 Å². The summed E-state index contributed by atoms with van der Waals surface area (Å²) in [5, 5.41) is 0. The summed E-state index contributed by atoms with van der Waals surface area (Å²) in [7, 11) is 0. The van der Waals surface area contributed by atoms with E-state index in [9.17, 15) is 4.79 Å². The second kappa shape index (κ2) is 4.08. The first-order chi connectivity index (χ1) is 9.69. The average molecular weight is 269 g/mol. The Hall–Kier alpha value is -2.34. The molecule has 1 aliphatic rings. The lowest BCUT2D eigenvalue weighted by atomic mass is 9.80. The fraction of sp³-hybridized carbons (Fsp3) is 0.286. The number of aromatic amines is 3. The Morgan fingerprint density at radius 1 is 1.15 bits per heavy atom. The van der Waals surface area contributed by atoms with E-state index in [2.05, 4.69) is 19.9 Å². The Morgan fingerprint density at radius 3 is 2.75 bits per heavy atom. The molecular formula is C14H15N5O. The van der Waals surface area contributed by atoms with Gasteiger partial charge in [-0.05, 0) is 25.0 Å². The molecule has 1 aliphatic carbocycles. The van der Waals surface area contributed by atoms with Crippen LogP contribution in [0.1, 0.15) is 24.6 Å². The van der Waals surface area contributed by atoms with Crippen molar-refractivity contribution >= 4 is 11.0 Å². The number of imidazole rings is 2. The van der Waals surface area contributed by atoms with Crippen LogP contribution in [0.2, 0.25) is 0 Å². The number of nitrogens with two attached hydrogens (primary N) is 1. The summed E-state index contributed by atoms with van der Waals surface area (Å²) in [6.07, 6.45) is 3.83. The molecule has 0 saturated heterocycles. The summed E-state index contributed by atoms with van der Waals surface area (Å²) in [4.78, 5) is 24.6. The largest absolute Gasteiger partial charge is 0.342 e. The van der Waals surface area contributed by atoms with Gasteiger partial charge in [0.05, 0.1) is 22.9 Å². The predicted molar refractivity (Wildman–Crippen MR) is 76.5 cm³/mol. The molecule has 0 atom stereocenters. The fourth-order valence-electron chi connectivity index (χ4n) is 2.78. The van der Waals surface area contributed by atoms with Crippen LogP contribution < -0.4 is 11.4 Å². The highest BCUT2D eigenvalue weighted by molar-refractivity contribution is 5.80. The van der Waals surface area contributed by atoms with Crippen LogP contribution in [0.25, 0.3) is 22.3 Å². The van der Waals surface area contributed by atoms with Gasteiger partial charge in [-0.25, -0.2) is 9.78 Å². The van der Waals surface area contributed by atoms with Crippen LogP contribution in [0.5, 0.6) is 0 Å². The fourth-order valence-corrected chi connectivity index (χ4v) is 2.78. The highest BCUT2D eigenvalue weighted by Crippen LogP contribution is 2.34. The van der Waals surface area contributed by atoms with Crippen LogP contribution in [-0.4, -0.2) is 26.0 Å². The monoisotopic (exact) mass is 269 g/mol.